The third-order valence-corrected chi connectivity index (χ3v) is 6.39. The van der Waals surface area contributed by atoms with Crippen LogP contribution in [-0.2, 0) is 0 Å². The second-order valence-electron chi connectivity index (χ2n) is 8.66. The van der Waals surface area contributed by atoms with E-state index in [1.165, 1.54) is 6.42 Å². The average Bonchev–Trinajstić information content (AvgIpc) is 2.63. The fourth-order valence-electron chi connectivity index (χ4n) is 3.49. The van der Waals surface area contributed by atoms with Gasteiger partial charge in [-0.3, -0.25) is 4.79 Å². The fraction of sp³-hybridized carbons (Fsp3) is 0.417. The highest BCUT2D eigenvalue weighted by Gasteiger charge is 2.18. The van der Waals surface area contributed by atoms with E-state index in [1.54, 1.807) is 17.4 Å². The Labute approximate surface area is 172 Å². The van der Waals surface area contributed by atoms with Crippen molar-refractivity contribution >= 4 is 33.3 Å². The summed E-state index contributed by atoms with van der Waals surface area (Å²) in [6, 6.07) is 9.92. The van der Waals surface area contributed by atoms with E-state index in [0.717, 1.165) is 32.9 Å². The number of hydrogen-bond acceptors (Lipinski definition) is 4. The molecule has 1 unspecified atom stereocenters. The van der Waals surface area contributed by atoms with Crippen molar-refractivity contribution in [3.8, 4) is 10.6 Å². The van der Waals surface area contributed by atoms with E-state index >= 15 is 0 Å². The van der Waals surface area contributed by atoms with Crippen LogP contribution in [0.1, 0.15) is 46.1 Å². The van der Waals surface area contributed by atoms with Gasteiger partial charge < -0.3 is 4.90 Å². The predicted molar refractivity (Wildman–Crippen MR) is 124 cm³/mol. The molecule has 148 valence electrons. The lowest BCUT2D eigenvalue weighted by Crippen LogP contribution is -2.13. The number of allylic oxidation sites excluding steroid dienone is 1. The van der Waals surface area contributed by atoms with Crippen molar-refractivity contribution in [1.29, 1.82) is 0 Å². The minimum absolute atomic E-state index is 0.0595. The van der Waals surface area contributed by atoms with E-state index in [0.29, 0.717) is 11.5 Å². The van der Waals surface area contributed by atoms with Gasteiger partial charge in [0, 0.05) is 31.4 Å². The van der Waals surface area contributed by atoms with Crippen LogP contribution in [0, 0.1) is 11.3 Å². The van der Waals surface area contributed by atoms with Crippen LogP contribution in [0.4, 0.5) is 5.69 Å². The Bertz CT molecular complexity index is 1030. The lowest BCUT2D eigenvalue weighted by molar-refractivity contribution is 0.344. The molecular weight excluding hydrogens is 364 g/mol. The van der Waals surface area contributed by atoms with E-state index in [1.807, 2.05) is 26.2 Å². The van der Waals surface area contributed by atoms with Gasteiger partial charge in [0.2, 0.25) is 0 Å². The number of hydrogen-bond donors (Lipinski definition) is 0. The third-order valence-electron chi connectivity index (χ3n) is 5.30. The van der Waals surface area contributed by atoms with Gasteiger partial charge in [-0.15, -0.1) is 11.3 Å². The molecule has 1 aliphatic heterocycles. The average molecular weight is 395 g/mol. The van der Waals surface area contributed by atoms with E-state index in [-0.39, 0.29) is 10.8 Å². The van der Waals surface area contributed by atoms with E-state index in [4.69, 9.17) is 4.98 Å². The van der Waals surface area contributed by atoms with Gasteiger partial charge in [-0.05, 0) is 42.0 Å². The molecule has 0 amide bonds. The Morgan fingerprint density at radius 3 is 2.64 bits per heavy atom. The highest BCUT2D eigenvalue weighted by molar-refractivity contribution is 7.21. The summed E-state index contributed by atoms with van der Waals surface area (Å²) in [5.41, 5.74) is 3.83. The molecule has 0 saturated heterocycles. The number of aromatic nitrogens is 1. The molecule has 1 aromatic carbocycles. The first-order valence-electron chi connectivity index (χ1n) is 9.94. The first kappa shape index (κ1) is 20.5. The molecule has 0 N–H and O–H groups in total. The molecule has 0 radical (unpaired) electrons. The first-order valence-corrected chi connectivity index (χ1v) is 10.8. The van der Waals surface area contributed by atoms with Gasteiger partial charge in [-0.1, -0.05) is 46.3 Å². The Hall–Kier alpha value is -2.20. The zero-order valence-corrected chi connectivity index (χ0v) is 18.6. The van der Waals surface area contributed by atoms with Crippen LogP contribution in [0.25, 0.3) is 26.9 Å². The Morgan fingerprint density at radius 2 is 1.96 bits per heavy atom. The Morgan fingerprint density at radius 1 is 1.21 bits per heavy atom. The smallest absolute Gasteiger partial charge is 0.187 e. The topological polar surface area (TPSA) is 33.2 Å². The predicted octanol–water partition coefficient (Wildman–Crippen LogP) is 6.30. The van der Waals surface area contributed by atoms with Gasteiger partial charge in [0.25, 0.3) is 0 Å². The molecule has 0 aromatic heterocycles. The zero-order valence-electron chi connectivity index (χ0n) is 17.7. The molecule has 0 fully saturated rings. The van der Waals surface area contributed by atoms with Gasteiger partial charge in [0.15, 0.2) is 5.43 Å². The highest BCUT2D eigenvalue weighted by Crippen LogP contribution is 2.33. The molecule has 1 aliphatic carbocycles. The second kappa shape index (κ2) is 8.04. The van der Waals surface area contributed by atoms with E-state index in [9.17, 15) is 4.79 Å². The lowest BCUT2D eigenvalue weighted by atomic mass is 9.82. The molecule has 0 bridgehead atoms. The van der Waals surface area contributed by atoms with Crippen LogP contribution >= 0.6 is 11.3 Å². The van der Waals surface area contributed by atoms with E-state index in [2.05, 4.69) is 56.9 Å². The van der Waals surface area contributed by atoms with Crippen molar-refractivity contribution in [2.75, 3.05) is 19.0 Å². The van der Waals surface area contributed by atoms with Crippen LogP contribution in [0.5, 0.6) is 0 Å². The Balaban J connectivity index is 1.99. The lowest BCUT2D eigenvalue weighted by Gasteiger charge is -2.24. The van der Waals surface area contributed by atoms with Crippen molar-refractivity contribution in [2.24, 2.45) is 11.3 Å². The standard InChI is InChI=1S/C24H30N2OS/c1-7-16(2)15-24(3,4)11-10-17-12-20-23(14-21(17)27)28-22-13-18(26(5)6)8-9-19(22)25-20/h8-14,16H,7,15H2,1-6H3/b11-10+. The molecule has 0 saturated carbocycles. The highest BCUT2D eigenvalue weighted by atomic mass is 32.1. The summed E-state index contributed by atoms with van der Waals surface area (Å²) in [6.07, 6.45) is 6.44. The molecule has 3 nitrogen and oxygen atoms in total. The summed E-state index contributed by atoms with van der Waals surface area (Å²) >= 11 is 1.63. The number of anilines is 1. The summed E-state index contributed by atoms with van der Waals surface area (Å²) in [5.74, 6) is 0.671. The third kappa shape index (κ3) is 4.61. The minimum atomic E-state index is 0.0595. The number of benzene rings is 2. The largest absolute Gasteiger partial charge is 0.378 e. The van der Waals surface area contributed by atoms with Crippen molar-refractivity contribution < 1.29 is 0 Å². The summed E-state index contributed by atoms with van der Waals surface area (Å²) < 4.78 is 1.09. The van der Waals surface area contributed by atoms with Crippen molar-refractivity contribution in [3.63, 3.8) is 0 Å². The van der Waals surface area contributed by atoms with Crippen molar-refractivity contribution in [2.45, 2.75) is 40.5 Å². The van der Waals surface area contributed by atoms with Gasteiger partial charge in [-0.2, -0.15) is 0 Å². The Kier molecular flexibility index (Phi) is 5.90. The SMILES string of the molecule is CCC(C)CC(C)(C)/C=C/c1cc2nc3ccc(N(C)C)cc3sc-2cc1=O. The van der Waals surface area contributed by atoms with Crippen LogP contribution in [0.2, 0.25) is 0 Å². The summed E-state index contributed by atoms with van der Waals surface area (Å²) in [5, 5.41) is 0. The monoisotopic (exact) mass is 394 g/mol. The molecular formula is C24H30N2OS. The van der Waals surface area contributed by atoms with E-state index < -0.39 is 0 Å². The second-order valence-corrected chi connectivity index (χ2v) is 9.74. The fourth-order valence-corrected chi connectivity index (χ4v) is 4.50. The molecule has 2 aliphatic rings. The van der Waals surface area contributed by atoms with Crippen LogP contribution in [-0.4, -0.2) is 19.1 Å². The molecule has 1 aromatic rings. The summed E-state index contributed by atoms with van der Waals surface area (Å²) in [7, 11) is 4.05. The molecule has 1 atom stereocenters. The van der Waals surface area contributed by atoms with Crippen LogP contribution < -0.4 is 10.3 Å². The molecule has 0 spiro atoms. The van der Waals surface area contributed by atoms with Gasteiger partial charge >= 0.3 is 0 Å². The van der Waals surface area contributed by atoms with Crippen molar-refractivity contribution in [3.05, 3.63) is 52.2 Å². The number of fused-ring (bicyclic) bond motifs is 2. The van der Waals surface area contributed by atoms with Crippen LogP contribution in [0.3, 0.4) is 0 Å². The maximum Gasteiger partial charge on any atom is 0.187 e. The molecule has 28 heavy (non-hydrogen) atoms. The normalized spacial score (nSPS) is 13.5. The number of rotatable bonds is 6. The molecule has 1 heterocycles. The van der Waals surface area contributed by atoms with Crippen molar-refractivity contribution in [1.82, 2.24) is 4.98 Å². The zero-order chi connectivity index (χ0) is 20.5. The van der Waals surface area contributed by atoms with Gasteiger partial charge in [0.05, 0.1) is 20.8 Å². The van der Waals surface area contributed by atoms with Gasteiger partial charge in [0.1, 0.15) is 0 Å². The first-order chi connectivity index (χ1) is 13.2. The summed E-state index contributed by atoms with van der Waals surface area (Å²) in [4.78, 5) is 20.5. The van der Waals surface area contributed by atoms with Crippen LogP contribution in [0.15, 0.2) is 41.2 Å². The summed E-state index contributed by atoms with van der Waals surface area (Å²) in [6.45, 7) is 8.97. The van der Waals surface area contributed by atoms with Gasteiger partial charge in [-0.25, -0.2) is 4.98 Å². The maximum absolute atomic E-state index is 12.7. The molecule has 4 heteroatoms. The minimum Gasteiger partial charge on any atom is -0.378 e. The number of nitrogens with zero attached hydrogens (tertiary/aromatic N) is 2. The molecule has 3 rings (SSSR count). The maximum atomic E-state index is 12.7. The quantitative estimate of drug-likeness (QED) is 0.460.